The SMILES string of the molecule is COc1cc(C(=O)N2CC[C@H](c3nnc(N)cc3C)C[C@@H]2C)ccc1Oc1ccc(C(F)(F)F)nc1. The number of alkyl halides is 3. The van der Waals surface area contributed by atoms with Crippen LogP contribution in [0.4, 0.5) is 19.0 Å². The topological polar surface area (TPSA) is 103 Å². The average Bonchev–Trinajstić information content (AvgIpc) is 2.83. The van der Waals surface area contributed by atoms with Crippen molar-refractivity contribution in [3.63, 3.8) is 0 Å². The maximum atomic E-state index is 13.3. The number of hydrogen-bond donors (Lipinski definition) is 1. The van der Waals surface area contributed by atoms with Crippen LogP contribution in [-0.2, 0) is 6.18 Å². The zero-order valence-electron chi connectivity index (χ0n) is 20.0. The molecule has 0 bridgehead atoms. The number of ether oxygens (including phenoxy) is 2. The maximum Gasteiger partial charge on any atom is 0.433 e. The number of piperidine rings is 1. The summed E-state index contributed by atoms with van der Waals surface area (Å²) in [4.78, 5) is 18.5. The Hall–Kier alpha value is -3.89. The van der Waals surface area contributed by atoms with Crippen molar-refractivity contribution in [1.29, 1.82) is 0 Å². The molecule has 1 aliphatic rings. The van der Waals surface area contributed by atoms with Crippen molar-refractivity contribution in [2.24, 2.45) is 0 Å². The monoisotopic (exact) mass is 501 g/mol. The minimum Gasteiger partial charge on any atom is -0.493 e. The van der Waals surface area contributed by atoms with Gasteiger partial charge in [-0.05, 0) is 68.7 Å². The number of carbonyl (C=O) groups excluding carboxylic acids is 1. The van der Waals surface area contributed by atoms with Crippen LogP contribution >= 0.6 is 0 Å². The molecule has 190 valence electrons. The quantitative estimate of drug-likeness (QED) is 0.525. The highest BCUT2D eigenvalue weighted by Gasteiger charge is 2.33. The molecule has 8 nitrogen and oxygen atoms in total. The fraction of sp³-hybridized carbons (Fsp3) is 0.360. The maximum absolute atomic E-state index is 13.3. The molecule has 3 heterocycles. The lowest BCUT2D eigenvalue weighted by molar-refractivity contribution is -0.141. The van der Waals surface area contributed by atoms with Crippen molar-refractivity contribution in [3.05, 3.63) is 65.1 Å². The number of methoxy groups -OCH3 is 1. The van der Waals surface area contributed by atoms with Crippen molar-refractivity contribution >= 4 is 11.7 Å². The first-order valence-corrected chi connectivity index (χ1v) is 11.4. The standard InChI is InChI=1S/C25H26F3N5O3/c1-14-10-22(29)31-32-23(14)16-8-9-33(15(2)11-16)24(34)17-4-6-19(20(12-17)35-3)36-18-5-7-21(30-13-18)25(26,27)28/h4-7,10,12-13,15-16H,8-9,11H2,1-3H3,(H2,29,31)/t15-,16-/m0/s1. The number of benzene rings is 1. The van der Waals surface area contributed by atoms with E-state index in [0.29, 0.717) is 17.9 Å². The summed E-state index contributed by atoms with van der Waals surface area (Å²) in [7, 11) is 1.42. The van der Waals surface area contributed by atoms with Gasteiger partial charge in [0.2, 0.25) is 0 Å². The highest BCUT2D eigenvalue weighted by molar-refractivity contribution is 5.95. The van der Waals surface area contributed by atoms with Crippen LogP contribution in [0.2, 0.25) is 0 Å². The number of nitrogens with zero attached hydrogens (tertiary/aromatic N) is 4. The number of amides is 1. The normalized spacial score (nSPS) is 18.1. The van der Waals surface area contributed by atoms with Crippen LogP contribution in [0.3, 0.4) is 0 Å². The Morgan fingerprint density at radius 3 is 2.53 bits per heavy atom. The Balaban J connectivity index is 1.46. The van der Waals surface area contributed by atoms with Crippen LogP contribution in [0.1, 0.15) is 53.0 Å². The second kappa shape index (κ2) is 10.00. The molecule has 4 rings (SSSR count). The van der Waals surface area contributed by atoms with Crippen LogP contribution in [0.5, 0.6) is 17.2 Å². The van der Waals surface area contributed by atoms with E-state index in [1.807, 2.05) is 18.7 Å². The summed E-state index contributed by atoms with van der Waals surface area (Å²) in [6, 6.07) is 8.50. The fourth-order valence-corrected chi connectivity index (χ4v) is 4.43. The zero-order chi connectivity index (χ0) is 26.0. The Morgan fingerprint density at radius 2 is 1.92 bits per heavy atom. The highest BCUT2D eigenvalue weighted by atomic mass is 19.4. The number of carbonyl (C=O) groups is 1. The van der Waals surface area contributed by atoms with E-state index in [1.165, 1.54) is 13.2 Å². The third-order valence-corrected chi connectivity index (χ3v) is 6.23. The van der Waals surface area contributed by atoms with E-state index in [9.17, 15) is 18.0 Å². The predicted molar refractivity (Wildman–Crippen MR) is 126 cm³/mol. The number of aryl methyl sites for hydroxylation is 1. The van der Waals surface area contributed by atoms with Crippen LogP contribution in [0.25, 0.3) is 0 Å². The molecular weight excluding hydrogens is 475 g/mol. The minimum atomic E-state index is -4.54. The zero-order valence-corrected chi connectivity index (χ0v) is 20.0. The summed E-state index contributed by atoms with van der Waals surface area (Å²) >= 11 is 0. The second-order valence-corrected chi connectivity index (χ2v) is 8.75. The molecule has 11 heteroatoms. The van der Waals surface area contributed by atoms with Gasteiger partial charge < -0.3 is 20.1 Å². The number of nitrogens with two attached hydrogens (primary N) is 1. The van der Waals surface area contributed by atoms with Gasteiger partial charge in [0.05, 0.1) is 19.0 Å². The van der Waals surface area contributed by atoms with E-state index in [4.69, 9.17) is 15.2 Å². The van der Waals surface area contributed by atoms with Crippen molar-refractivity contribution in [2.75, 3.05) is 19.4 Å². The summed E-state index contributed by atoms with van der Waals surface area (Å²) < 4.78 is 49.2. The highest BCUT2D eigenvalue weighted by Crippen LogP contribution is 2.36. The smallest absolute Gasteiger partial charge is 0.433 e. The van der Waals surface area contributed by atoms with E-state index in [-0.39, 0.29) is 35.1 Å². The van der Waals surface area contributed by atoms with Crippen molar-refractivity contribution in [2.45, 2.75) is 44.8 Å². The fourth-order valence-electron chi connectivity index (χ4n) is 4.43. The number of anilines is 1. The number of rotatable bonds is 5. The molecule has 1 amide bonds. The molecule has 0 saturated carbocycles. The average molecular weight is 502 g/mol. The van der Waals surface area contributed by atoms with Crippen LogP contribution < -0.4 is 15.2 Å². The second-order valence-electron chi connectivity index (χ2n) is 8.75. The third-order valence-electron chi connectivity index (χ3n) is 6.23. The Kier molecular flexibility index (Phi) is 7.00. The van der Waals surface area contributed by atoms with Gasteiger partial charge in [-0.2, -0.15) is 18.3 Å². The lowest BCUT2D eigenvalue weighted by atomic mass is 9.87. The summed E-state index contributed by atoms with van der Waals surface area (Å²) in [6.07, 6.45) is -2.06. The summed E-state index contributed by atoms with van der Waals surface area (Å²) in [5, 5.41) is 8.26. The summed E-state index contributed by atoms with van der Waals surface area (Å²) in [6.45, 7) is 4.50. The molecule has 2 atom stereocenters. The number of aromatic nitrogens is 3. The number of halogens is 3. The first kappa shape index (κ1) is 25.2. The van der Waals surface area contributed by atoms with Crippen molar-refractivity contribution in [3.8, 4) is 17.2 Å². The lowest BCUT2D eigenvalue weighted by Gasteiger charge is -2.37. The van der Waals surface area contributed by atoms with Crippen LogP contribution in [0.15, 0.2) is 42.6 Å². The van der Waals surface area contributed by atoms with E-state index < -0.39 is 11.9 Å². The first-order chi connectivity index (χ1) is 17.1. The van der Waals surface area contributed by atoms with E-state index in [2.05, 4.69) is 15.2 Å². The van der Waals surface area contributed by atoms with Crippen LogP contribution in [-0.4, -0.2) is 45.7 Å². The molecule has 0 unspecified atom stereocenters. The van der Waals surface area contributed by atoms with Gasteiger partial charge >= 0.3 is 6.18 Å². The van der Waals surface area contributed by atoms with Gasteiger partial charge in [0.25, 0.3) is 5.91 Å². The Bertz CT molecular complexity index is 1250. The van der Waals surface area contributed by atoms with Gasteiger partial charge in [0.15, 0.2) is 11.5 Å². The Morgan fingerprint density at radius 1 is 1.14 bits per heavy atom. The molecule has 2 N–H and O–H groups in total. The third kappa shape index (κ3) is 5.34. The van der Waals surface area contributed by atoms with Gasteiger partial charge in [-0.1, -0.05) is 0 Å². The molecule has 0 aliphatic carbocycles. The van der Waals surface area contributed by atoms with E-state index in [1.54, 1.807) is 24.3 Å². The van der Waals surface area contributed by atoms with Gasteiger partial charge in [0.1, 0.15) is 17.3 Å². The molecular formula is C25H26F3N5O3. The van der Waals surface area contributed by atoms with Gasteiger partial charge in [0, 0.05) is 24.1 Å². The predicted octanol–water partition coefficient (Wildman–Crippen LogP) is 4.99. The van der Waals surface area contributed by atoms with Crippen molar-refractivity contribution < 1.29 is 27.4 Å². The minimum absolute atomic E-state index is 0.0323. The first-order valence-electron chi connectivity index (χ1n) is 11.4. The molecule has 3 aromatic rings. The van der Waals surface area contributed by atoms with Crippen LogP contribution in [0, 0.1) is 6.92 Å². The largest absolute Gasteiger partial charge is 0.493 e. The number of nitrogen functional groups attached to an aromatic ring is 1. The molecule has 1 saturated heterocycles. The number of hydrogen-bond acceptors (Lipinski definition) is 7. The number of likely N-dealkylation sites (tertiary alicyclic amines) is 1. The summed E-state index contributed by atoms with van der Waals surface area (Å²) in [5.74, 6) is 1.04. The molecule has 0 radical (unpaired) electrons. The summed E-state index contributed by atoms with van der Waals surface area (Å²) in [5.41, 5.74) is 7.02. The Labute approximate surface area is 206 Å². The van der Waals surface area contributed by atoms with Crippen molar-refractivity contribution in [1.82, 2.24) is 20.1 Å². The van der Waals surface area contributed by atoms with Gasteiger partial charge in [-0.25, -0.2) is 4.98 Å². The lowest BCUT2D eigenvalue weighted by Crippen LogP contribution is -2.44. The molecule has 1 fully saturated rings. The van der Waals surface area contributed by atoms with E-state index >= 15 is 0 Å². The molecule has 36 heavy (non-hydrogen) atoms. The van der Waals surface area contributed by atoms with E-state index in [0.717, 1.165) is 36.4 Å². The van der Waals surface area contributed by atoms with Gasteiger partial charge in [-0.3, -0.25) is 4.79 Å². The number of pyridine rings is 1. The molecule has 1 aromatic carbocycles. The van der Waals surface area contributed by atoms with Gasteiger partial charge in [-0.15, -0.1) is 5.10 Å². The molecule has 1 aliphatic heterocycles. The molecule has 2 aromatic heterocycles. The molecule has 0 spiro atoms.